The summed E-state index contributed by atoms with van der Waals surface area (Å²) in [7, 11) is 1.70. The van der Waals surface area contributed by atoms with E-state index in [1.165, 1.54) is 0 Å². The first-order chi connectivity index (χ1) is 4.72. The third kappa shape index (κ3) is 3.22. The molecule has 0 N–H and O–H groups in total. The highest BCUT2D eigenvalue weighted by Gasteiger charge is 2.02. The SMILES string of the molecule is CN=CCN(C=O)C(C)C. The van der Waals surface area contributed by atoms with Gasteiger partial charge < -0.3 is 4.90 Å². The number of amides is 1. The van der Waals surface area contributed by atoms with Gasteiger partial charge in [-0.1, -0.05) is 0 Å². The molecule has 0 heterocycles. The molecule has 3 heteroatoms. The van der Waals surface area contributed by atoms with Gasteiger partial charge in [0.1, 0.15) is 0 Å². The average Bonchev–Trinajstić information content (AvgIpc) is 1.89. The van der Waals surface area contributed by atoms with Crippen molar-refractivity contribution in [1.82, 2.24) is 4.90 Å². The molecule has 0 spiro atoms. The predicted octanol–water partition coefficient (Wildman–Crippen LogP) is 0.554. The van der Waals surface area contributed by atoms with Gasteiger partial charge in [0.05, 0.1) is 6.54 Å². The lowest BCUT2D eigenvalue weighted by Gasteiger charge is -2.18. The van der Waals surface area contributed by atoms with Crippen molar-refractivity contribution >= 4 is 12.6 Å². The lowest BCUT2D eigenvalue weighted by Crippen LogP contribution is -2.30. The summed E-state index contributed by atoms with van der Waals surface area (Å²) in [5.74, 6) is 0. The third-order valence-electron chi connectivity index (χ3n) is 1.27. The number of carbonyl (C=O) groups is 1. The molecule has 0 aliphatic carbocycles. The molecular weight excluding hydrogens is 128 g/mol. The number of aliphatic imine (C=N–C) groups is 1. The normalized spacial score (nSPS) is 10.8. The van der Waals surface area contributed by atoms with Gasteiger partial charge >= 0.3 is 0 Å². The minimum atomic E-state index is 0.260. The van der Waals surface area contributed by atoms with Gasteiger partial charge in [0.2, 0.25) is 6.41 Å². The molecule has 1 amide bonds. The van der Waals surface area contributed by atoms with Crippen molar-refractivity contribution in [1.29, 1.82) is 0 Å². The van der Waals surface area contributed by atoms with E-state index in [1.54, 1.807) is 18.2 Å². The van der Waals surface area contributed by atoms with Crippen LogP contribution in [0.3, 0.4) is 0 Å². The van der Waals surface area contributed by atoms with E-state index < -0.39 is 0 Å². The maximum absolute atomic E-state index is 10.3. The van der Waals surface area contributed by atoms with Crippen molar-refractivity contribution in [3.05, 3.63) is 0 Å². The molecule has 0 fully saturated rings. The quantitative estimate of drug-likeness (QED) is 0.417. The van der Waals surface area contributed by atoms with Crippen LogP contribution in [0.1, 0.15) is 13.8 Å². The van der Waals surface area contributed by atoms with Crippen LogP contribution in [0.4, 0.5) is 0 Å². The highest BCUT2D eigenvalue weighted by atomic mass is 16.1. The van der Waals surface area contributed by atoms with E-state index in [9.17, 15) is 4.79 Å². The first kappa shape index (κ1) is 9.14. The second-order valence-corrected chi connectivity index (χ2v) is 2.34. The average molecular weight is 142 g/mol. The summed E-state index contributed by atoms with van der Waals surface area (Å²) >= 11 is 0. The molecule has 0 aromatic rings. The highest BCUT2D eigenvalue weighted by molar-refractivity contribution is 5.64. The van der Waals surface area contributed by atoms with E-state index in [0.717, 1.165) is 6.41 Å². The fraction of sp³-hybridized carbons (Fsp3) is 0.714. The minimum absolute atomic E-state index is 0.260. The zero-order valence-electron chi connectivity index (χ0n) is 6.74. The molecule has 58 valence electrons. The van der Waals surface area contributed by atoms with Crippen LogP contribution in [-0.4, -0.2) is 37.2 Å². The zero-order valence-corrected chi connectivity index (χ0v) is 6.74. The molecule has 0 aliphatic heterocycles. The van der Waals surface area contributed by atoms with E-state index in [4.69, 9.17) is 0 Å². The van der Waals surface area contributed by atoms with Crippen LogP contribution >= 0.6 is 0 Å². The topological polar surface area (TPSA) is 32.7 Å². The number of hydrogen-bond donors (Lipinski definition) is 0. The van der Waals surface area contributed by atoms with E-state index in [0.29, 0.717) is 6.54 Å². The fourth-order valence-corrected chi connectivity index (χ4v) is 0.551. The van der Waals surface area contributed by atoms with Crippen molar-refractivity contribution in [2.75, 3.05) is 13.6 Å². The molecule has 0 atom stereocenters. The second kappa shape index (κ2) is 4.97. The fourth-order valence-electron chi connectivity index (χ4n) is 0.551. The van der Waals surface area contributed by atoms with Crippen molar-refractivity contribution < 1.29 is 4.79 Å². The summed E-state index contributed by atoms with van der Waals surface area (Å²) < 4.78 is 0. The summed E-state index contributed by atoms with van der Waals surface area (Å²) in [5.41, 5.74) is 0. The molecule has 0 aromatic heterocycles. The van der Waals surface area contributed by atoms with Gasteiger partial charge in [0.15, 0.2) is 0 Å². The Labute approximate surface area is 61.7 Å². The Kier molecular flexibility index (Phi) is 4.54. The van der Waals surface area contributed by atoms with E-state index in [-0.39, 0.29) is 6.04 Å². The molecule has 0 saturated carbocycles. The molecule has 0 radical (unpaired) electrons. The summed E-state index contributed by atoms with van der Waals surface area (Å²) in [6, 6.07) is 0.260. The van der Waals surface area contributed by atoms with Gasteiger partial charge in [-0.3, -0.25) is 9.79 Å². The van der Waals surface area contributed by atoms with Crippen LogP contribution in [0.5, 0.6) is 0 Å². The molecule has 0 rings (SSSR count). The van der Waals surface area contributed by atoms with E-state index in [2.05, 4.69) is 4.99 Å². The molecule has 0 unspecified atom stereocenters. The molecular formula is C7H14N2O. The Bertz CT molecular complexity index is 121. The standard InChI is InChI=1S/C7H14N2O/c1-7(2)9(6-10)5-4-8-3/h4,6-7H,5H2,1-3H3. The number of nitrogens with zero attached hydrogens (tertiary/aromatic N) is 2. The Morgan fingerprint density at radius 1 is 1.60 bits per heavy atom. The molecule has 0 bridgehead atoms. The van der Waals surface area contributed by atoms with E-state index >= 15 is 0 Å². The molecule has 3 nitrogen and oxygen atoms in total. The van der Waals surface area contributed by atoms with Crippen LogP contribution in [0.2, 0.25) is 0 Å². The summed E-state index contributed by atoms with van der Waals surface area (Å²) in [5, 5.41) is 0. The smallest absolute Gasteiger partial charge is 0.210 e. The van der Waals surface area contributed by atoms with Crippen LogP contribution in [0.15, 0.2) is 4.99 Å². The predicted molar refractivity (Wildman–Crippen MR) is 42.3 cm³/mol. The summed E-state index contributed by atoms with van der Waals surface area (Å²) in [4.78, 5) is 15.8. The van der Waals surface area contributed by atoms with Crippen molar-refractivity contribution in [2.24, 2.45) is 4.99 Å². The van der Waals surface area contributed by atoms with Crippen LogP contribution in [0, 0.1) is 0 Å². The van der Waals surface area contributed by atoms with Crippen LogP contribution < -0.4 is 0 Å². The molecule has 0 aliphatic rings. The molecule has 0 saturated heterocycles. The first-order valence-corrected chi connectivity index (χ1v) is 3.34. The van der Waals surface area contributed by atoms with E-state index in [1.807, 2.05) is 13.8 Å². The Hall–Kier alpha value is -0.860. The minimum Gasteiger partial charge on any atom is -0.338 e. The molecule has 0 aromatic carbocycles. The van der Waals surface area contributed by atoms with Crippen molar-refractivity contribution in [2.45, 2.75) is 19.9 Å². The van der Waals surface area contributed by atoms with Gasteiger partial charge in [-0.2, -0.15) is 0 Å². The van der Waals surface area contributed by atoms with Gasteiger partial charge in [-0.15, -0.1) is 0 Å². The summed E-state index contributed by atoms with van der Waals surface area (Å²) in [6.07, 6.45) is 2.56. The van der Waals surface area contributed by atoms with Gasteiger partial charge in [-0.05, 0) is 13.8 Å². The summed E-state index contributed by atoms with van der Waals surface area (Å²) in [6.45, 7) is 4.55. The van der Waals surface area contributed by atoms with Gasteiger partial charge in [0, 0.05) is 19.3 Å². The van der Waals surface area contributed by atoms with Gasteiger partial charge in [-0.25, -0.2) is 0 Å². The third-order valence-corrected chi connectivity index (χ3v) is 1.27. The lowest BCUT2D eigenvalue weighted by atomic mass is 10.3. The second-order valence-electron chi connectivity index (χ2n) is 2.34. The van der Waals surface area contributed by atoms with Crippen molar-refractivity contribution in [3.63, 3.8) is 0 Å². The number of hydrogen-bond acceptors (Lipinski definition) is 2. The van der Waals surface area contributed by atoms with Gasteiger partial charge in [0.25, 0.3) is 0 Å². The number of rotatable bonds is 4. The molecule has 10 heavy (non-hydrogen) atoms. The Morgan fingerprint density at radius 3 is 2.50 bits per heavy atom. The maximum Gasteiger partial charge on any atom is 0.210 e. The lowest BCUT2D eigenvalue weighted by molar-refractivity contribution is -0.118. The first-order valence-electron chi connectivity index (χ1n) is 3.34. The Balaban J connectivity index is 3.71. The van der Waals surface area contributed by atoms with Crippen molar-refractivity contribution in [3.8, 4) is 0 Å². The van der Waals surface area contributed by atoms with Crippen LogP contribution in [0.25, 0.3) is 0 Å². The number of carbonyl (C=O) groups excluding carboxylic acids is 1. The zero-order chi connectivity index (χ0) is 7.98. The maximum atomic E-state index is 10.3. The monoisotopic (exact) mass is 142 g/mol. The van der Waals surface area contributed by atoms with Crippen LogP contribution in [-0.2, 0) is 4.79 Å². The Morgan fingerprint density at radius 2 is 2.20 bits per heavy atom. The largest absolute Gasteiger partial charge is 0.338 e. The highest BCUT2D eigenvalue weighted by Crippen LogP contribution is 1.90.